The standard InChI is InChI=1S/C10H7NO2.C10H10O2/c11-7-9(10(12)13)6-8-4-2-1-3-5-8;1-8(10(11)12)7-9-5-3-2-4-6-9/h1-6H,(H,12,13);2-7H,1H3,(H,11,12)/b9-6+;8-7+. The Hall–Kier alpha value is -3.65. The molecule has 0 atom stereocenters. The Bertz CT molecular complexity index is 816. The number of aliphatic carboxylic acids is 2. The molecule has 0 fully saturated rings. The van der Waals surface area contributed by atoms with E-state index in [1.807, 2.05) is 36.4 Å². The van der Waals surface area contributed by atoms with E-state index in [1.165, 1.54) is 6.08 Å². The highest BCUT2D eigenvalue weighted by Crippen LogP contribution is 2.06. The average Bonchev–Trinajstić information content (AvgIpc) is 2.61. The Labute approximate surface area is 145 Å². The molecule has 0 aliphatic heterocycles. The SMILES string of the molecule is C/C(=C\c1ccccc1)C(=O)O.N#C/C(=C\c1ccccc1)C(=O)O. The fourth-order valence-corrected chi connectivity index (χ4v) is 1.72. The van der Waals surface area contributed by atoms with Crippen molar-refractivity contribution in [3.8, 4) is 6.07 Å². The molecule has 5 heteroatoms. The predicted octanol–water partition coefficient (Wildman–Crippen LogP) is 3.85. The van der Waals surface area contributed by atoms with Gasteiger partial charge in [-0.3, -0.25) is 0 Å². The summed E-state index contributed by atoms with van der Waals surface area (Å²) >= 11 is 0. The molecule has 2 N–H and O–H groups in total. The van der Waals surface area contributed by atoms with Crippen molar-refractivity contribution in [3.63, 3.8) is 0 Å². The highest BCUT2D eigenvalue weighted by Gasteiger charge is 2.04. The summed E-state index contributed by atoms with van der Waals surface area (Å²) in [6, 6.07) is 19.9. The van der Waals surface area contributed by atoms with Gasteiger partial charge in [-0.2, -0.15) is 5.26 Å². The lowest BCUT2D eigenvalue weighted by molar-refractivity contribution is -0.133. The molecule has 0 saturated heterocycles. The molecule has 0 amide bonds. The minimum Gasteiger partial charge on any atom is -0.478 e. The third-order valence-corrected chi connectivity index (χ3v) is 2.98. The van der Waals surface area contributed by atoms with Crippen LogP contribution in [0.25, 0.3) is 12.2 Å². The van der Waals surface area contributed by atoms with E-state index in [0.717, 1.165) is 5.56 Å². The maximum atomic E-state index is 10.4. The van der Waals surface area contributed by atoms with Crippen LogP contribution in [0, 0.1) is 11.3 Å². The molecule has 0 aromatic heterocycles. The Balaban J connectivity index is 0.000000251. The van der Waals surface area contributed by atoms with Crippen LogP contribution in [0.1, 0.15) is 18.1 Å². The van der Waals surface area contributed by atoms with Crippen molar-refractivity contribution >= 4 is 24.1 Å². The first-order valence-corrected chi connectivity index (χ1v) is 7.31. The van der Waals surface area contributed by atoms with E-state index in [1.54, 1.807) is 43.3 Å². The molecule has 5 nitrogen and oxygen atoms in total. The lowest BCUT2D eigenvalue weighted by Crippen LogP contribution is -1.97. The summed E-state index contributed by atoms with van der Waals surface area (Å²) in [5.74, 6) is -2.08. The molecule has 126 valence electrons. The van der Waals surface area contributed by atoms with Gasteiger partial charge in [0.2, 0.25) is 0 Å². The summed E-state index contributed by atoms with van der Waals surface area (Å²) in [5, 5.41) is 25.6. The number of carbonyl (C=O) groups is 2. The maximum Gasteiger partial charge on any atom is 0.346 e. The molecule has 0 bridgehead atoms. The number of carboxylic acids is 2. The van der Waals surface area contributed by atoms with Crippen LogP contribution >= 0.6 is 0 Å². The van der Waals surface area contributed by atoms with Gasteiger partial charge in [0.25, 0.3) is 0 Å². The third-order valence-electron chi connectivity index (χ3n) is 2.98. The second kappa shape index (κ2) is 10.2. The molecule has 25 heavy (non-hydrogen) atoms. The first-order valence-electron chi connectivity index (χ1n) is 7.31. The normalized spacial score (nSPS) is 10.9. The van der Waals surface area contributed by atoms with Gasteiger partial charge in [-0.15, -0.1) is 0 Å². The lowest BCUT2D eigenvalue weighted by Gasteiger charge is -1.93. The Morgan fingerprint density at radius 2 is 1.28 bits per heavy atom. The number of hydrogen-bond acceptors (Lipinski definition) is 3. The van der Waals surface area contributed by atoms with Gasteiger partial charge in [-0.25, -0.2) is 9.59 Å². The minimum atomic E-state index is -1.20. The average molecular weight is 335 g/mol. The molecular formula is C20H17NO4. The van der Waals surface area contributed by atoms with E-state index < -0.39 is 11.9 Å². The first kappa shape index (κ1) is 19.4. The number of rotatable bonds is 4. The Morgan fingerprint density at radius 3 is 1.64 bits per heavy atom. The summed E-state index contributed by atoms with van der Waals surface area (Å²) in [4.78, 5) is 20.9. The van der Waals surface area contributed by atoms with Crippen molar-refractivity contribution in [2.45, 2.75) is 6.92 Å². The number of hydrogen-bond donors (Lipinski definition) is 2. The molecule has 2 aromatic carbocycles. The number of carboxylic acid groups (broad SMARTS) is 2. The van der Waals surface area contributed by atoms with Gasteiger partial charge in [0.1, 0.15) is 11.6 Å². The van der Waals surface area contributed by atoms with Crippen molar-refractivity contribution in [2.24, 2.45) is 0 Å². The summed E-state index contributed by atoms with van der Waals surface area (Å²) in [7, 11) is 0. The van der Waals surface area contributed by atoms with Gasteiger partial charge in [-0.1, -0.05) is 60.7 Å². The topological polar surface area (TPSA) is 98.4 Å². The second-order valence-corrected chi connectivity index (χ2v) is 4.93. The monoisotopic (exact) mass is 335 g/mol. The molecule has 0 spiro atoms. The van der Waals surface area contributed by atoms with Crippen LogP contribution in [0.15, 0.2) is 71.8 Å². The predicted molar refractivity (Wildman–Crippen MR) is 95.4 cm³/mol. The second-order valence-electron chi connectivity index (χ2n) is 4.93. The van der Waals surface area contributed by atoms with Gasteiger partial charge >= 0.3 is 11.9 Å². The van der Waals surface area contributed by atoms with Crippen LogP contribution in [-0.2, 0) is 9.59 Å². The molecular weight excluding hydrogens is 318 g/mol. The first-order chi connectivity index (χ1) is 11.9. The summed E-state index contributed by atoms with van der Waals surface area (Å²) < 4.78 is 0. The maximum absolute atomic E-state index is 10.4. The van der Waals surface area contributed by atoms with Crippen molar-refractivity contribution < 1.29 is 19.8 Å². The van der Waals surface area contributed by atoms with E-state index in [-0.39, 0.29) is 5.57 Å². The molecule has 0 radical (unpaired) electrons. The number of nitrogens with zero attached hydrogens (tertiary/aromatic N) is 1. The van der Waals surface area contributed by atoms with Crippen molar-refractivity contribution in [1.82, 2.24) is 0 Å². The van der Waals surface area contributed by atoms with Crippen LogP contribution in [-0.4, -0.2) is 22.2 Å². The van der Waals surface area contributed by atoms with Crippen LogP contribution in [0.4, 0.5) is 0 Å². The van der Waals surface area contributed by atoms with Gasteiger partial charge in [-0.05, 0) is 30.2 Å². The van der Waals surface area contributed by atoms with Crippen LogP contribution in [0.2, 0.25) is 0 Å². The fraction of sp³-hybridized carbons (Fsp3) is 0.0500. The van der Waals surface area contributed by atoms with E-state index in [4.69, 9.17) is 15.5 Å². The van der Waals surface area contributed by atoms with Crippen LogP contribution in [0.3, 0.4) is 0 Å². The van der Waals surface area contributed by atoms with Gasteiger partial charge < -0.3 is 10.2 Å². The van der Waals surface area contributed by atoms with E-state index in [0.29, 0.717) is 11.1 Å². The molecule has 2 rings (SSSR count). The van der Waals surface area contributed by atoms with Crippen LogP contribution in [0.5, 0.6) is 0 Å². The van der Waals surface area contributed by atoms with E-state index in [9.17, 15) is 9.59 Å². The number of benzene rings is 2. The minimum absolute atomic E-state index is 0.258. The Morgan fingerprint density at radius 1 is 0.840 bits per heavy atom. The molecule has 0 aliphatic carbocycles. The Kier molecular flexibility index (Phi) is 7.90. The highest BCUT2D eigenvalue weighted by atomic mass is 16.4. The van der Waals surface area contributed by atoms with E-state index >= 15 is 0 Å². The largest absolute Gasteiger partial charge is 0.478 e. The van der Waals surface area contributed by atoms with Crippen molar-refractivity contribution in [3.05, 3.63) is 82.9 Å². The quantitative estimate of drug-likeness (QED) is 0.653. The molecule has 0 heterocycles. The summed E-state index contributed by atoms with van der Waals surface area (Å²) in [6.07, 6.45) is 2.98. The van der Waals surface area contributed by atoms with E-state index in [2.05, 4.69) is 0 Å². The zero-order valence-electron chi connectivity index (χ0n) is 13.6. The van der Waals surface area contributed by atoms with Gasteiger partial charge in [0.15, 0.2) is 0 Å². The molecule has 2 aromatic rings. The summed E-state index contributed by atoms with van der Waals surface area (Å²) in [6.45, 7) is 1.58. The molecule has 0 unspecified atom stereocenters. The van der Waals surface area contributed by atoms with Crippen molar-refractivity contribution in [1.29, 1.82) is 5.26 Å². The molecule has 0 saturated carbocycles. The van der Waals surface area contributed by atoms with Gasteiger partial charge in [0.05, 0.1) is 0 Å². The van der Waals surface area contributed by atoms with Crippen molar-refractivity contribution in [2.75, 3.05) is 0 Å². The zero-order chi connectivity index (χ0) is 18.7. The molecule has 0 aliphatic rings. The lowest BCUT2D eigenvalue weighted by atomic mass is 10.1. The van der Waals surface area contributed by atoms with Gasteiger partial charge in [0, 0.05) is 5.57 Å². The number of nitriles is 1. The fourth-order valence-electron chi connectivity index (χ4n) is 1.72. The third kappa shape index (κ3) is 7.44. The zero-order valence-corrected chi connectivity index (χ0v) is 13.6. The van der Waals surface area contributed by atoms with Crippen LogP contribution < -0.4 is 0 Å². The summed E-state index contributed by atoms with van der Waals surface area (Å²) in [5.41, 5.74) is 1.71. The highest BCUT2D eigenvalue weighted by molar-refractivity contribution is 5.96. The smallest absolute Gasteiger partial charge is 0.346 e.